The summed E-state index contributed by atoms with van der Waals surface area (Å²) in [6, 6.07) is 4.32. The molecule has 22 heavy (non-hydrogen) atoms. The van der Waals surface area contributed by atoms with Gasteiger partial charge in [-0.25, -0.2) is 9.67 Å². The molecular formula is C15H17BrF2N4. The Kier molecular flexibility index (Phi) is 4.71. The highest BCUT2D eigenvalue weighted by Crippen LogP contribution is 2.34. The third-order valence-corrected chi connectivity index (χ3v) is 4.55. The predicted molar refractivity (Wildman–Crippen MR) is 84.0 cm³/mol. The second kappa shape index (κ2) is 6.73. The first-order valence-electron chi connectivity index (χ1n) is 7.32. The van der Waals surface area contributed by atoms with Gasteiger partial charge in [-0.2, -0.15) is 13.9 Å². The first-order chi connectivity index (χ1) is 10.6. The van der Waals surface area contributed by atoms with Crippen molar-refractivity contribution in [3.05, 3.63) is 40.9 Å². The molecule has 4 nitrogen and oxygen atoms in total. The lowest BCUT2D eigenvalue weighted by Gasteiger charge is -2.29. The summed E-state index contributed by atoms with van der Waals surface area (Å²) in [6.45, 7) is -2.56. The fourth-order valence-corrected chi connectivity index (χ4v) is 3.33. The van der Waals surface area contributed by atoms with E-state index in [0.29, 0.717) is 12.0 Å². The van der Waals surface area contributed by atoms with Crippen LogP contribution in [0, 0.1) is 0 Å². The van der Waals surface area contributed by atoms with Crippen LogP contribution in [0.3, 0.4) is 0 Å². The average Bonchev–Trinajstić information content (AvgIpc) is 2.98. The largest absolute Gasteiger partial charge is 0.382 e. The molecule has 2 aromatic heterocycles. The van der Waals surface area contributed by atoms with E-state index >= 15 is 0 Å². The van der Waals surface area contributed by atoms with Crippen molar-refractivity contribution in [1.29, 1.82) is 0 Å². The van der Waals surface area contributed by atoms with Gasteiger partial charge in [0.15, 0.2) is 0 Å². The van der Waals surface area contributed by atoms with Gasteiger partial charge in [0.2, 0.25) is 0 Å². The number of anilines is 1. The van der Waals surface area contributed by atoms with Crippen molar-refractivity contribution in [3.8, 4) is 0 Å². The molecule has 0 aromatic carbocycles. The minimum absolute atomic E-state index is 0.328. The Morgan fingerprint density at radius 3 is 2.68 bits per heavy atom. The highest BCUT2D eigenvalue weighted by atomic mass is 79.9. The zero-order valence-corrected chi connectivity index (χ0v) is 13.5. The fourth-order valence-electron chi connectivity index (χ4n) is 2.97. The molecule has 0 saturated heterocycles. The normalized spacial score (nSPS) is 22.0. The molecule has 1 aliphatic rings. The molecule has 0 amide bonds. The van der Waals surface area contributed by atoms with E-state index in [-0.39, 0.29) is 0 Å². The Morgan fingerprint density at radius 1 is 1.27 bits per heavy atom. The number of hydrogen-bond acceptors (Lipinski definition) is 3. The van der Waals surface area contributed by atoms with Crippen LogP contribution in [0.5, 0.6) is 0 Å². The van der Waals surface area contributed by atoms with E-state index in [0.717, 1.165) is 46.2 Å². The van der Waals surface area contributed by atoms with Gasteiger partial charge in [0.25, 0.3) is 0 Å². The molecule has 1 saturated carbocycles. The maximum atomic E-state index is 12.6. The second-order valence-corrected chi connectivity index (χ2v) is 6.40. The van der Waals surface area contributed by atoms with Crippen LogP contribution in [-0.2, 0) is 0 Å². The molecule has 0 atom stereocenters. The summed E-state index contributed by atoms with van der Waals surface area (Å²) in [4.78, 5) is 4.11. The van der Waals surface area contributed by atoms with E-state index < -0.39 is 6.55 Å². The van der Waals surface area contributed by atoms with Crippen LogP contribution in [0.1, 0.15) is 43.7 Å². The third kappa shape index (κ3) is 3.63. The SMILES string of the molecule is FC(F)n1cc(C2CCC(Nc3ccnc(Br)c3)CC2)cn1. The van der Waals surface area contributed by atoms with Crippen molar-refractivity contribution in [3.63, 3.8) is 0 Å². The van der Waals surface area contributed by atoms with Crippen molar-refractivity contribution in [2.75, 3.05) is 5.32 Å². The van der Waals surface area contributed by atoms with Crippen molar-refractivity contribution >= 4 is 21.6 Å². The number of nitrogens with one attached hydrogen (secondary N) is 1. The first-order valence-corrected chi connectivity index (χ1v) is 8.11. The van der Waals surface area contributed by atoms with Gasteiger partial charge in [-0.15, -0.1) is 0 Å². The van der Waals surface area contributed by atoms with Crippen LogP contribution in [-0.4, -0.2) is 20.8 Å². The molecule has 2 heterocycles. The Labute approximate surface area is 136 Å². The number of hydrogen-bond donors (Lipinski definition) is 1. The van der Waals surface area contributed by atoms with E-state index in [2.05, 4.69) is 31.3 Å². The van der Waals surface area contributed by atoms with Gasteiger partial charge in [0.1, 0.15) is 4.60 Å². The molecule has 0 unspecified atom stereocenters. The van der Waals surface area contributed by atoms with Crippen LogP contribution in [0.4, 0.5) is 14.5 Å². The van der Waals surface area contributed by atoms with Crippen molar-refractivity contribution in [2.24, 2.45) is 0 Å². The van der Waals surface area contributed by atoms with Crippen molar-refractivity contribution < 1.29 is 8.78 Å². The van der Waals surface area contributed by atoms with E-state index in [4.69, 9.17) is 0 Å². The molecule has 1 fully saturated rings. The number of aromatic nitrogens is 3. The summed E-state index contributed by atoms with van der Waals surface area (Å²) in [5, 5.41) is 7.23. The molecule has 3 rings (SSSR count). The minimum Gasteiger partial charge on any atom is -0.382 e. The molecule has 2 aromatic rings. The quantitative estimate of drug-likeness (QED) is 0.801. The fraction of sp³-hybridized carbons (Fsp3) is 0.467. The van der Waals surface area contributed by atoms with E-state index in [1.807, 2.05) is 12.1 Å². The topological polar surface area (TPSA) is 42.7 Å². The van der Waals surface area contributed by atoms with Gasteiger partial charge < -0.3 is 5.32 Å². The standard InChI is InChI=1S/C15H17BrF2N4/c16-14-7-13(5-6-19-14)21-12-3-1-10(2-4-12)11-8-20-22(9-11)15(17)18/h5-10,12,15H,1-4H2,(H,19,21). The van der Waals surface area contributed by atoms with E-state index in [1.54, 1.807) is 12.4 Å². The summed E-state index contributed by atoms with van der Waals surface area (Å²) < 4.78 is 26.7. The minimum atomic E-state index is -2.56. The molecule has 0 radical (unpaired) electrons. The Bertz CT molecular complexity index is 624. The summed E-state index contributed by atoms with van der Waals surface area (Å²) in [6.07, 6.45) is 8.82. The summed E-state index contributed by atoms with van der Waals surface area (Å²) in [5.41, 5.74) is 1.97. The Hall–Kier alpha value is -1.50. The zero-order chi connectivity index (χ0) is 15.5. The van der Waals surface area contributed by atoms with Crippen LogP contribution in [0.25, 0.3) is 0 Å². The van der Waals surface area contributed by atoms with E-state index in [9.17, 15) is 8.78 Å². The predicted octanol–water partition coefficient (Wildman–Crippen LogP) is 4.57. The average molecular weight is 371 g/mol. The molecule has 0 bridgehead atoms. The van der Waals surface area contributed by atoms with E-state index in [1.165, 1.54) is 6.20 Å². The summed E-state index contributed by atoms with van der Waals surface area (Å²) in [5.74, 6) is 0.328. The number of alkyl halides is 2. The lowest BCUT2D eigenvalue weighted by molar-refractivity contribution is 0.0565. The van der Waals surface area contributed by atoms with Gasteiger partial charge in [0, 0.05) is 24.1 Å². The molecule has 7 heteroatoms. The van der Waals surface area contributed by atoms with Crippen LogP contribution >= 0.6 is 15.9 Å². The van der Waals surface area contributed by atoms with Crippen LogP contribution < -0.4 is 5.32 Å². The van der Waals surface area contributed by atoms with Crippen LogP contribution in [0.2, 0.25) is 0 Å². The molecule has 1 N–H and O–H groups in total. The van der Waals surface area contributed by atoms with Crippen LogP contribution in [0.15, 0.2) is 35.3 Å². The molecular weight excluding hydrogens is 354 g/mol. The van der Waals surface area contributed by atoms with Gasteiger partial charge in [-0.3, -0.25) is 0 Å². The molecule has 0 spiro atoms. The number of halogens is 3. The first kappa shape index (κ1) is 15.4. The summed E-state index contributed by atoms with van der Waals surface area (Å²) >= 11 is 3.36. The van der Waals surface area contributed by atoms with Gasteiger partial charge in [0.05, 0.1) is 6.20 Å². The monoisotopic (exact) mass is 370 g/mol. The van der Waals surface area contributed by atoms with Gasteiger partial charge in [-0.05, 0) is 65.2 Å². The number of pyridine rings is 1. The molecule has 118 valence electrons. The summed E-state index contributed by atoms with van der Waals surface area (Å²) in [7, 11) is 0. The van der Waals surface area contributed by atoms with Gasteiger partial charge in [-0.1, -0.05) is 0 Å². The number of nitrogens with zero attached hydrogens (tertiary/aromatic N) is 3. The van der Waals surface area contributed by atoms with Gasteiger partial charge >= 0.3 is 6.55 Å². The van der Waals surface area contributed by atoms with Crippen molar-refractivity contribution in [2.45, 2.75) is 44.2 Å². The highest BCUT2D eigenvalue weighted by molar-refractivity contribution is 9.10. The molecule has 0 aliphatic heterocycles. The Morgan fingerprint density at radius 2 is 2.05 bits per heavy atom. The maximum Gasteiger partial charge on any atom is 0.333 e. The molecule has 1 aliphatic carbocycles. The highest BCUT2D eigenvalue weighted by Gasteiger charge is 2.24. The lowest BCUT2D eigenvalue weighted by atomic mass is 9.83. The number of rotatable bonds is 4. The smallest absolute Gasteiger partial charge is 0.333 e. The zero-order valence-electron chi connectivity index (χ0n) is 11.9. The second-order valence-electron chi connectivity index (χ2n) is 5.59. The maximum absolute atomic E-state index is 12.6. The van der Waals surface area contributed by atoms with Crippen molar-refractivity contribution in [1.82, 2.24) is 14.8 Å². The third-order valence-electron chi connectivity index (χ3n) is 4.12. The Balaban J connectivity index is 1.55. The lowest BCUT2D eigenvalue weighted by Crippen LogP contribution is -2.25.